The molecule has 4 aromatic heterocycles. The van der Waals surface area contributed by atoms with Crippen molar-refractivity contribution in [2.75, 3.05) is 31.8 Å². The van der Waals surface area contributed by atoms with Crippen molar-refractivity contribution in [2.45, 2.75) is 50.0 Å². The molecule has 6 rings (SSSR count). The Labute approximate surface area is 246 Å². The van der Waals surface area contributed by atoms with Crippen LogP contribution in [0.2, 0.25) is 0 Å². The molecule has 2 fully saturated rings. The highest BCUT2D eigenvalue weighted by Gasteiger charge is 2.44. The minimum Gasteiger partial charge on any atom is -0.382 e. The van der Waals surface area contributed by atoms with E-state index in [1.54, 1.807) is 4.57 Å². The van der Waals surface area contributed by atoms with Gasteiger partial charge in [0, 0.05) is 13.5 Å². The summed E-state index contributed by atoms with van der Waals surface area (Å²) in [5, 5.41) is 0. The zero-order valence-corrected chi connectivity index (χ0v) is 24.7. The number of hydrogen-bond donors (Lipinski definition) is 5. The maximum absolute atomic E-state index is 13.0. The van der Waals surface area contributed by atoms with E-state index in [0.29, 0.717) is 24.0 Å². The molecule has 0 radical (unpaired) electrons. The Hall–Kier alpha value is -3.36. The summed E-state index contributed by atoms with van der Waals surface area (Å²) < 4.78 is 60.1. The predicted molar refractivity (Wildman–Crippen MR) is 147 cm³/mol. The topological polar surface area (TPSA) is 289 Å². The summed E-state index contributed by atoms with van der Waals surface area (Å²) in [6, 6.07) is 0. The largest absolute Gasteiger partial charge is 0.472 e. The number of aromatic nitrogens is 8. The molecule has 21 nitrogen and oxygen atoms in total. The average molecular weight is 658 g/mol. The van der Waals surface area contributed by atoms with Gasteiger partial charge in [-0.3, -0.25) is 37.0 Å². The Morgan fingerprint density at radius 1 is 0.977 bits per heavy atom. The first-order chi connectivity index (χ1) is 20.9. The Balaban J connectivity index is 1.12. The van der Waals surface area contributed by atoms with E-state index in [-0.39, 0.29) is 36.0 Å². The maximum Gasteiger partial charge on any atom is 0.472 e. The van der Waals surface area contributed by atoms with Crippen molar-refractivity contribution in [3.8, 4) is 0 Å². The third kappa shape index (κ3) is 6.24. The fourth-order valence-corrected chi connectivity index (χ4v) is 6.40. The molecule has 0 spiro atoms. The number of nitrogens with zero attached hydrogens (tertiary/aromatic N) is 7. The van der Waals surface area contributed by atoms with Gasteiger partial charge in [-0.1, -0.05) is 0 Å². The fraction of sp³-hybridized carbons (Fsp3) is 0.524. The van der Waals surface area contributed by atoms with E-state index in [0.717, 1.165) is 7.11 Å². The second kappa shape index (κ2) is 11.9. The first kappa shape index (κ1) is 30.7. The molecule has 0 amide bonds. The molecule has 4 aromatic rings. The zero-order chi connectivity index (χ0) is 31.2. The van der Waals surface area contributed by atoms with Gasteiger partial charge in [0.05, 0.1) is 32.0 Å². The van der Waals surface area contributed by atoms with Crippen LogP contribution < -0.4 is 17.0 Å². The average Bonchev–Trinajstić information content (AvgIpc) is 3.76. The zero-order valence-electron chi connectivity index (χ0n) is 22.9. The molecule has 0 bridgehead atoms. The Morgan fingerprint density at radius 3 is 2.48 bits per heavy atom. The number of ether oxygens (including phenoxy) is 2. The van der Waals surface area contributed by atoms with E-state index >= 15 is 0 Å². The number of imidazole rings is 2. The lowest BCUT2D eigenvalue weighted by atomic mass is 10.2. The molecule has 2 aliphatic heterocycles. The van der Waals surface area contributed by atoms with Gasteiger partial charge in [0.15, 0.2) is 22.6 Å². The van der Waals surface area contributed by atoms with E-state index in [1.807, 2.05) is 0 Å². The molecule has 7 atom stereocenters. The highest BCUT2D eigenvalue weighted by molar-refractivity contribution is 7.47. The number of aromatic amines is 1. The fourth-order valence-electron chi connectivity index (χ4n) is 4.98. The molecule has 23 heteroatoms. The van der Waals surface area contributed by atoms with Crippen molar-refractivity contribution in [1.29, 1.82) is 0 Å². The summed E-state index contributed by atoms with van der Waals surface area (Å²) in [4.78, 5) is 55.2. The van der Waals surface area contributed by atoms with Crippen LogP contribution in [-0.4, -0.2) is 87.5 Å². The molecule has 7 N–H and O–H groups in total. The van der Waals surface area contributed by atoms with E-state index in [4.69, 9.17) is 34.5 Å². The Morgan fingerprint density at radius 2 is 1.70 bits per heavy atom. The van der Waals surface area contributed by atoms with Crippen LogP contribution in [0, 0.1) is 0 Å². The van der Waals surface area contributed by atoms with Gasteiger partial charge in [-0.15, -0.1) is 0 Å². The highest BCUT2D eigenvalue weighted by Crippen LogP contribution is 2.50. The van der Waals surface area contributed by atoms with Crippen LogP contribution in [0.1, 0.15) is 31.7 Å². The smallest absolute Gasteiger partial charge is 0.382 e. The van der Waals surface area contributed by atoms with E-state index < -0.39 is 58.6 Å². The van der Waals surface area contributed by atoms with Crippen molar-refractivity contribution in [1.82, 2.24) is 39.0 Å². The molecule has 238 valence electrons. The van der Waals surface area contributed by atoms with Crippen LogP contribution in [0.3, 0.4) is 0 Å². The Bertz CT molecular complexity index is 1830. The molecular formula is C21H28N10O11P2. The summed E-state index contributed by atoms with van der Waals surface area (Å²) in [5.74, 6) is 0.0608. The summed E-state index contributed by atoms with van der Waals surface area (Å²) in [7, 11) is -8.16. The van der Waals surface area contributed by atoms with Gasteiger partial charge in [0.1, 0.15) is 36.5 Å². The number of H-pyrrole nitrogens is 1. The summed E-state index contributed by atoms with van der Waals surface area (Å²) >= 11 is 0. The number of rotatable bonds is 11. The normalized spacial score (nSPS) is 26.8. The van der Waals surface area contributed by atoms with Crippen molar-refractivity contribution < 1.29 is 46.5 Å². The SMILES string of the molecule is COP(=O)(O)OC[C@H]1O[C@@H](n2cnc3c(N)ncnc32)C[C@@H]1OP(=O)(O)OC[C@@H]1CC[C@H](n2cnc3c(=O)[nH]c(N)nc32)O1. The van der Waals surface area contributed by atoms with Gasteiger partial charge in [-0.05, 0) is 12.8 Å². The first-order valence-electron chi connectivity index (χ1n) is 13.1. The van der Waals surface area contributed by atoms with Crippen LogP contribution >= 0.6 is 15.6 Å². The van der Waals surface area contributed by atoms with Gasteiger partial charge < -0.3 is 30.7 Å². The number of fused-ring (bicyclic) bond motifs is 2. The number of nitrogen functional groups attached to an aromatic ring is 2. The summed E-state index contributed by atoms with van der Waals surface area (Å²) in [6.07, 6.45) is 0.642. The first-order valence-corrected chi connectivity index (χ1v) is 16.1. The lowest BCUT2D eigenvalue weighted by molar-refractivity contribution is -0.0481. The summed E-state index contributed by atoms with van der Waals surface area (Å²) in [5.41, 5.74) is 12.0. The number of phosphoric acid groups is 2. The molecule has 44 heavy (non-hydrogen) atoms. The van der Waals surface area contributed by atoms with Gasteiger partial charge >= 0.3 is 15.6 Å². The number of anilines is 2. The lowest BCUT2D eigenvalue weighted by Crippen LogP contribution is -2.28. The van der Waals surface area contributed by atoms with E-state index in [2.05, 4.69) is 34.4 Å². The molecule has 2 aliphatic rings. The maximum atomic E-state index is 13.0. The van der Waals surface area contributed by atoms with Crippen molar-refractivity contribution in [2.24, 2.45) is 0 Å². The molecule has 0 aliphatic carbocycles. The quantitative estimate of drug-likeness (QED) is 0.136. The van der Waals surface area contributed by atoms with Gasteiger partial charge in [0.2, 0.25) is 5.95 Å². The van der Waals surface area contributed by atoms with Crippen molar-refractivity contribution in [3.63, 3.8) is 0 Å². The molecular weight excluding hydrogens is 630 g/mol. The minimum absolute atomic E-state index is 0.0228. The highest BCUT2D eigenvalue weighted by atomic mass is 31.2. The van der Waals surface area contributed by atoms with Crippen LogP contribution in [0.25, 0.3) is 22.3 Å². The standard InChI is InChI=1S/C21H28N10O11P2/c1-37-43(33,34)39-6-12-11(4-14(41-12)31-8-26-15-17(22)24-7-25-18(15)31)42-44(35,36)38-5-10-2-3-13(40-10)30-9-27-16-19(30)28-21(23)29-20(16)32/h7-14H,2-6H2,1H3,(H,33,34)(H,35,36)(H2,22,24,25)(H3,23,28,29,32)/t10-,11-,12+,13+,14+/m0/s1. The van der Waals surface area contributed by atoms with Crippen molar-refractivity contribution >= 4 is 49.7 Å². The predicted octanol–water partition coefficient (Wildman–Crippen LogP) is 0.355. The molecule has 6 heterocycles. The number of nitrogens with one attached hydrogen (secondary N) is 1. The van der Waals surface area contributed by atoms with Crippen LogP contribution in [0.4, 0.5) is 11.8 Å². The monoisotopic (exact) mass is 658 g/mol. The second-order valence-electron chi connectivity index (χ2n) is 9.87. The van der Waals surface area contributed by atoms with Crippen LogP contribution in [0.15, 0.2) is 23.8 Å². The minimum atomic E-state index is -4.74. The van der Waals surface area contributed by atoms with E-state index in [1.165, 1.54) is 23.5 Å². The molecule has 0 aromatic carbocycles. The van der Waals surface area contributed by atoms with Crippen LogP contribution in [0.5, 0.6) is 0 Å². The van der Waals surface area contributed by atoms with Crippen LogP contribution in [-0.2, 0) is 36.7 Å². The van der Waals surface area contributed by atoms with Crippen molar-refractivity contribution in [3.05, 3.63) is 29.3 Å². The third-order valence-electron chi connectivity index (χ3n) is 7.05. The number of nitrogens with two attached hydrogens (primary N) is 2. The summed E-state index contributed by atoms with van der Waals surface area (Å²) in [6.45, 7) is -0.844. The second-order valence-corrected chi connectivity index (χ2v) is 12.8. The van der Waals surface area contributed by atoms with E-state index in [9.17, 15) is 23.7 Å². The molecule has 0 saturated carbocycles. The lowest BCUT2D eigenvalue weighted by Gasteiger charge is -2.22. The number of hydrogen-bond acceptors (Lipinski definition) is 16. The van der Waals surface area contributed by atoms with Gasteiger partial charge in [0.25, 0.3) is 5.56 Å². The third-order valence-corrected chi connectivity index (χ3v) is 9.00. The molecule has 2 unspecified atom stereocenters. The Kier molecular flexibility index (Phi) is 8.26. The number of phosphoric ester groups is 2. The molecule has 2 saturated heterocycles. The van der Waals surface area contributed by atoms with Gasteiger partial charge in [-0.2, -0.15) is 4.98 Å². The van der Waals surface area contributed by atoms with Gasteiger partial charge in [-0.25, -0.2) is 29.1 Å².